The van der Waals surface area contributed by atoms with Crippen LogP contribution in [0.2, 0.25) is 0 Å². The highest BCUT2D eigenvalue weighted by Crippen LogP contribution is 2.45. The first-order valence-electron chi connectivity index (χ1n) is 13.2. The number of fused-ring (bicyclic) bond motifs is 3. The number of nitrogens with two attached hydrogens (primary N) is 1. The van der Waals surface area contributed by atoms with Gasteiger partial charge in [-0.15, -0.1) is 0 Å². The Hall–Kier alpha value is -1.85. The number of benzene rings is 2. The molecule has 0 saturated carbocycles. The summed E-state index contributed by atoms with van der Waals surface area (Å²) in [5.74, 6) is -0.996. The number of ketones is 1. The van der Waals surface area contributed by atoms with Crippen molar-refractivity contribution in [3.63, 3.8) is 0 Å². The molecule has 8 unspecified atom stereocenters. The number of phenolic OH excluding ortho intramolecular Hbond substituents is 1. The normalized spacial score (nSPS) is 31.3. The zero-order chi connectivity index (χ0) is 30.0. The summed E-state index contributed by atoms with van der Waals surface area (Å²) in [6, 6.07) is 2.95. The first kappa shape index (κ1) is 32.1. The zero-order valence-electron chi connectivity index (χ0n) is 22.7. The molecule has 0 aromatic heterocycles. The number of aromatic hydroxyl groups is 1. The van der Waals surface area contributed by atoms with Crippen LogP contribution < -0.4 is 15.2 Å². The van der Waals surface area contributed by atoms with Gasteiger partial charge < -0.3 is 55.7 Å². The Balaban J connectivity index is 1.93. The van der Waals surface area contributed by atoms with Gasteiger partial charge in [0, 0.05) is 29.1 Å². The maximum absolute atomic E-state index is 13.5. The molecule has 2 aromatic carbocycles. The monoisotopic (exact) mass is 615 g/mol. The van der Waals surface area contributed by atoms with Crippen LogP contribution in [0.3, 0.4) is 0 Å². The van der Waals surface area contributed by atoms with E-state index in [1.165, 1.54) is 34.8 Å². The Morgan fingerprint density at radius 3 is 2.46 bits per heavy atom. The number of aliphatic hydroxyl groups is 6. The number of hydrogen-bond acceptors (Lipinski definition) is 14. The summed E-state index contributed by atoms with van der Waals surface area (Å²) < 4.78 is 17.3. The predicted molar refractivity (Wildman–Crippen MR) is 153 cm³/mol. The summed E-state index contributed by atoms with van der Waals surface area (Å²) in [7, 11) is 3.92. The summed E-state index contributed by atoms with van der Waals surface area (Å²) >= 11 is 0. The smallest absolute Gasteiger partial charge is 0.229 e. The number of hydrogen-bond donors (Lipinski definition) is 8. The molecule has 12 nitrogen and oxygen atoms in total. The van der Waals surface area contributed by atoms with Crippen LogP contribution in [0.5, 0.6) is 17.2 Å². The number of methoxy groups -OCH3 is 1. The minimum atomic E-state index is -1.76. The van der Waals surface area contributed by atoms with Gasteiger partial charge in [0.2, 0.25) is 6.29 Å². The van der Waals surface area contributed by atoms with Crippen LogP contribution in [-0.4, -0.2) is 110 Å². The van der Waals surface area contributed by atoms with Crippen LogP contribution >= 0.6 is 21.6 Å². The fraction of sp³-hybridized carbons (Fsp3) is 0.593. The molecule has 2 aromatic rings. The highest BCUT2D eigenvalue weighted by Gasteiger charge is 2.49. The summed E-state index contributed by atoms with van der Waals surface area (Å²) in [6.07, 6.45) is -9.27. The predicted octanol–water partition coefficient (Wildman–Crippen LogP) is 0.196. The topological polar surface area (TPSA) is 212 Å². The third-order valence-corrected chi connectivity index (χ3v) is 10.5. The van der Waals surface area contributed by atoms with Crippen LogP contribution in [0.1, 0.15) is 34.3 Å². The molecule has 2 aliphatic heterocycles. The molecule has 2 heterocycles. The highest BCUT2D eigenvalue weighted by molar-refractivity contribution is 8.76. The molecule has 4 rings (SSSR count). The Kier molecular flexibility index (Phi) is 10.7. The lowest BCUT2D eigenvalue weighted by molar-refractivity contribution is -0.291. The molecule has 4 bridgehead atoms. The van der Waals surface area contributed by atoms with E-state index in [1.807, 2.05) is 0 Å². The fourth-order valence-electron chi connectivity index (χ4n) is 5.36. The molecular formula is C27H37NO11S2. The van der Waals surface area contributed by atoms with Gasteiger partial charge in [0.05, 0.1) is 37.4 Å². The number of ether oxygens (including phenoxy) is 3. The lowest BCUT2D eigenvalue weighted by Crippen LogP contribution is -2.63. The second-order valence-corrected chi connectivity index (χ2v) is 13.0. The molecule has 228 valence electrons. The Morgan fingerprint density at radius 1 is 1.10 bits per heavy atom. The largest absolute Gasteiger partial charge is 0.506 e. The van der Waals surface area contributed by atoms with Gasteiger partial charge in [-0.25, -0.2) is 0 Å². The van der Waals surface area contributed by atoms with E-state index in [4.69, 9.17) is 19.9 Å². The van der Waals surface area contributed by atoms with E-state index >= 15 is 0 Å². The van der Waals surface area contributed by atoms with Gasteiger partial charge in [0.15, 0.2) is 5.78 Å². The van der Waals surface area contributed by atoms with Gasteiger partial charge >= 0.3 is 0 Å². The van der Waals surface area contributed by atoms with Crippen molar-refractivity contribution >= 4 is 38.1 Å². The molecule has 2 aliphatic rings. The van der Waals surface area contributed by atoms with E-state index in [0.717, 1.165) is 0 Å². The molecule has 1 saturated heterocycles. The molecule has 0 amide bonds. The summed E-state index contributed by atoms with van der Waals surface area (Å²) in [5, 5.41) is 74.9. The first-order chi connectivity index (χ1) is 19.6. The lowest BCUT2D eigenvalue weighted by Gasteiger charge is -2.43. The third kappa shape index (κ3) is 6.27. The van der Waals surface area contributed by atoms with Crippen molar-refractivity contribution in [3.8, 4) is 17.2 Å². The number of aryl methyl sites for hydroxylation is 1. The Labute approximate surface area is 244 Å². The van der Waals surface area contributed by atoms with E-state index in [1.54, 1.807) is 13.0 Å². The van der Waals surface area contributed by atoms with Crippen molar-refractivity contribution in [3.05, 3.63) is 28.8 Å². The number of aliphatic hydroxyl groups excluding tert-OH is 6. The maximum atomic E-state index is 13.5. The van der Waals surface area contributed by atoms with Crippen molar-refractivity contribution in [1.82, 2.24) is 0 Å². The minimum Gasteiger partial charge on any atom is -0.506 e. The van der Waals surface area contributed by atoms with Crippen LogP contribution in [-0.2, 0) is 11.3 Å². The minimum absolute atomic E-state index is 0.00225. The van der Waals surface area contributed by atoms with E-state index < -0.39 is 66.1 Å². The average Bonchev–Trinajstić information content (AvgIpc) is 2.94. The van der Waals surface area contributed by atoms with Crippen LogP contribution in [0.25, 0.3) is 10.8 Å². The standard InChI is InChI=1S/C27H37NO11S2/c1-11-5-14-15(9-30)17(37-2)7-18-20(14)22(33)19(11)16(31)6-13(8-29)41-40-10-12(3-4-28)21(32)26-24(35)23(34)25(36)27(38-18)39-26/h5,7,12-13,21,23-27,29-30,32-36H,3-4,6,8-10,28H2,1-2H3. The van der Waals surface area contributed by atoms with Gasteiger partial charge in [-0.05, 0) is 42.8 Å². The summed E-state index contributed by atoms with van der Waals surface area (Å²) in [5.41, 5.74) is 6.51. The van der Waals surface area contributed by atoms with E-state index in [2.05, 4.69) is 0 Å². The Morgan fingerprint density at radius 2 is 1.83 bits per heavy atom. The van der Waals surface area contributed by atoms with E-state index in [9.17, 15) is 40.5 Å². The van der Waals surface area contributed by atoms with Gasteiger partial charge in [-0.1, -0.05) is 21.6 Å². The van der Waals surface area contributed by atoms with Crippen LogP contribution in [0.15, 0.2) is 12.1 Å². The van der Waals surface area contributed by atoms with Crippen LogP contribution in [0.4, 0.5) is 0 Å². The number of phenols is 1. The highest BCUT2D eigenvalue weighted by atomic mass is 33.1. The van der Waals surface area contributed by atoms with Crippen molar-refractivity contribution in [1.29, 1.82) is 0 Å². The van der Waals surface area contributed by atoms with Crippen molar-refractivity contribution in [2.45, 2.75) is 68.4 Å². The fourth-order valence-corrected chi connectivity index (χ4v) is 8.18. The third-order valence-electron chi connectivity index (χ3n) is 7.60. The number of carbonyl (C=O) groups is 1. The molecule has 9 N–H and O–H groups in total. The number of carbonyl (C=O) groups excluding carboxylic acids is 1. The maximum Gasteiger partial charge on any atom is 0.229 e. The zero-order valence-corrected chi connectivity index (χ0v) is 24.3. The SMILES string of the molecule is COc1cc2c3c(O)c(c(C)cc3c1CO)C(=O)CC(CO)SSCC(CCN)C(O)C1OC(O2)C(O)C(O)C1O. The van der Waals surface area contributed by atoms with Crippen LogP contribution in [0, 0.1) is 12.8 Å². The van der Waals surface area contributed by atoms with Crippen molar-refractivity contribution in [2.24, 2.45) is 11.7 Å². The van der Waals surface area contributed by atoms with Gasteiger partial charge in [-0.3, -0.25) is 4.79 Å². The van der Waals surface area contributed by atoms with E-state index in [0.29, 0.717) is 28.7 Å². The molecule has 0 aliphatic carbocycles. The second-order valence-electron chi connectivity index (χ2n) is 10.3. The second kappa shape index (κ2) is 13.6. The number of Topliss-reactive ketones (excluding diaryl/α,β-unsaturated/α-hetero) is 1. The van der Waals surface area contributed by atoms with E-state index in [-0.39, 0.29) is 42.0 Å². The lowest BCUT2D eigenvalue weighted by atomic mass is 9.88. The van der Waals surface area contributed by atoms with Crippen molar-refractivity contribution < 1.29 is 54.8 Å². The molecule has 8 atom stereocenters. The summed E-state index contributed by atoms with van der Waals surface area (Å²) in [6.45, 7) is 1.05. The first-order valence-corrected chi connectivity index (χ1v) is 15.6. The van der Waals surface area contributed by atoms with Gasteiger partial charge in [-0.2, -0.15) is 0 Å². The van der Waals surface area contributed by atoms with Gasteiger partial charge in [0.1, 0.15) is 41.7 Å². The van der Waals surface area contributed by atoms with Crippen molar-refractivity contribution in [2.75, 3.05) is 26.0 Å². The number of rotatable bonds is 5. The average molecular weight is 616 g/mol. The molecule has 14 heteroatoms. The quantitative estimate of drug-likeness (QED) is 0.211. The molecule has 0 spiro atoms. The molecular weight excluding hydrogens is 578 g/mol. The Bertz CT molecular complexity index is 1250. The summed E-state index contributed by atoms with van der Waals surface area (Å²) in [4.78, 5) is 13.5. The molecule has 0 radical (unpaired) electrons. The van der Waals surface area contributed by atoms with Gasteiger partial charge in [0.25, 0.3) is 0 Å². The molecule has 41 heavy (non-hydrogen) atoms. The molecule has 1 fully saturated rings.